The molecule has 0 aliphatic heterocycles. The second-order valence-electron chi connectivity index (χ2n) is 2.97. The van der Waals surface area contributed by atoms with Crippen LogP contribution in [0.3, 0.4) is 0 Å². The molecule has 0 amide bonds. The Labute approximate surface area is 99.2 Å². The van der Waals surface area contributed by atoms with Crippen LogP contribution in [0.2, 0.25) is 5.02 Å². The first-order valence-corrected chi connectivity index (χ1v) is 5.21. The molecule has 0 bridgehead atoms. The van der Waals surface area contributed by atoms with Crippen molar-refractivity contribution in [1.82, 2.24) is 0 Å². The van der Waals surface area contributed by atoms with Crippen LogP contribution < -0.4 is 5.73 Å². The van der Waals surface area contributed by atoms with Crippen molar-refractivity contribution in [2.24, 2.45) is 5.73 Å². The van der Waals surface area contributed by atoms with E-state index >= 15 is 0 Å². The maximum Gasteiger partial charge on any atom is 0.305 e. The van der Waals surface area contributed by atoms with Crippen molar-refractivity contribution in [2.75, 3.05) is 0 Å². The molecule has 3 N–H and O–H groups in total. The molecule has 1 aromatic rings. The minimum Gasteiger partial charge on any atom is -0.481 e. The largest absolute Gasteiger partial charge is 0.481 e. The second-order valence-corrected chi connectivity index (χ2v) is 4.17. The second kappa shape index (κ2) is 4.92. The van der Waals surface area contributed by atoms with Gasteiger partial charge in [0.1, 0.15) is 0 Å². The molecule has 0 spiro atoms. The highest BCUT2D eigenvalue weighted by Crippen LogP contribution is 2.30. The van der Waals surface area contributed by atoms with Gasteiger partial charge in [0, 0.05) is 6.04 Å². The molecule has 3 nitrogen and oxygen atoms in total. The molecule has 82 valence electrons. The summed E-state index contributed by atoms with van der Waals surface area (Å²) in [5.74, 6) is -1.67. The Morgan fingerprint density at radius 2 is 2.27 bits per heavy atom. The number of hydrogen-bond donors (Lipinski definition) is 2. The van der Waals surface area contributed by atoms with Crippen molar-refractivity contribution in [2.45, 2.75) is 12.5 Å². The number of hydrogen-bond acceptors (Lipinski definition) is 2. The van der Waals surface area contributed by atoms with Crippen LogP contribution in [-0.4, -0.2) is 11.1 Å². The summed E-state index contributed by atoms with van der Waals surface area (Å²) in [6, 6.07) is 2.09. The molecule has 1 aromatic carbocycles. The Kier molecular flexibility index (Phi) is 4.07. The molecular weight excluding hydrogens is 288 g/mol. The number of carbonyl (C=O) groups is 1. The number of carboxylic acid groups (broad SMARTS) is 1. The van der Waals surface area contributed by atoms with Crippen LogP contribution in [-0.2, 0) is 4.79 Å². The van der Waals surface area contributed by atoms with Gasteiger partial charge in [0.15, 0.2) is 5.82 Å². The van der Waals surface area contributed by atoms with Crippen LogP contribution in [0.15, 0.2) is 16.6 Å². The Balaban J connectivity index is 3.05. The summed E-state index contributed by atoms with van der Waals surface area (Å²) in [5, 5.41) is 8.51. The quantitative estimate of drug-likeness (QED) is 0.843. The number of carboxylic acids is 1. The van der Waals surface area contributed by atoms with E-state index in [4.69, 9.17) is 22.4 Å². The van der Waals surface area contributed by atoms with Gasteiger partial charge in [-0.15, -0.1) is 0 Å². The molecule has 0 aliphatic rings. The van der Waals surface area contributed by atoms with E-state index in [0.717, 1.165) is 0 Å². The van der Waals surface area contributed by atoms with Gasteiger partial charge in [-0.3, -0.25) is 4.79 Å². The number of nitrogens with two attached hydrogens (primary N) is 1. The normalized spacial score (nSPS) is 12.5. The Hall–Kier alpha value is -0.650. The Bertz CT molecular complexity index is 400. The van der Waals surface area contributed by atoms with Crippen LogP contribution in [0, 0.1) is 5.82 Å². The summed E-state index contributed by atoms with van der Waals surface area (Å²) in [6.45, 7) is 0. The summed E-state index contributed by atoms with van der Waals surface area (Å²) in [6.07, 6.45) is -0.264. The molecule has 6 heteroatoms. The molecule has 0 saturated heterocycles. The lowest BCUT2D eigenvalue weighted by Gasteiger charge is -2.12. The summed E-state index contributed by atoms with van der Waals surface area (Å²) in [5.41, 5.74) is 5.98. The van der Waals surface area contributed by atoms with Gasteiger partial charge in [0.2, 0.25) is 0 Å². The van der Waals surface area contributed by atoms with E-state index in [1.165, 1.54) is 12.1 Å². The van der Waals surface area contributed by atoms with Gasteiger partial charge in [-0.1, -0.05) is 17.7 Å². The molecule has 0 fully saturated rings. The van der Waals surface area contributed by atoms with Crippen molar-refractivity contribution >= 4 is 33.5 Å². The van der Waals surface area contributed by atoms with Gasteiger partial charge in [-0.25, -0.2) is 4.39 Å². The fraction of sp³-hybridized carbons (Fsp3) is 0.222. The van der Waals surface area contributed by atoms with Gasteiger partial charge < -0.3 is 10.8 Å². The third-order valence-corrected chi connectivity index (χ3v) is 2.96. The van der Waals surface area contributed by atoms with Crippen molar-refractivity contribution < 1.29 is 14.3 Å². The van der Waals surface area contributed by atoms with E-state index in [-0.39, 0.29) is 15.9 Å². The minimum atomic E-state index is -1.04. The van der Waals surface area contributed by atoms with Crippen molar-refractivity contribution in [3.8, 4) is 0 Å². The average Bonchev–Trinajstić information content (AvgIpc) is 2.13. The fourth-order valence-corrected chi connectivity index (χ4v) is 2.04. The smallest absolute Gasteiger partial charge is 0.305 e. The summed E-state index contributed by atoms with van der Waals surface area (Å²) < 4.78 is 13.4. The zero-order valence-electron chi connectivity index (χ0n) is 7.51. The predicted molar refractivity (Wildman–Crippen MR) is 58.3 cm³/mol. The van der Waals surface area contributed by atoms with Gasteiger partial charge in [0.05, 0.1) is 15.9 Å². The first kappa shape index (κ1) is 12.4. The summed E-state index contributed by atoms with van der Waals surface area (Å²) in [4.78, 5) is 10.4. The summed E-state index contributed by atoms with van der Waals surface area (Å²) in [7, 11) is 0. The van der Waals surface area contributed by atoms with Gasteiger partial charge >= 0.3 is 5.97 Å². The maximum absolute atomic E-state index is 13.3. The van der Waals surface area contributed by atoms with E-state index in [1.807, 2.05) is 0 Å². The van der Waals surface area contributed by atoms with Crippen LogP contribution in [0.4, 0.5) is 4.39 Å². The molecule has 0 aromatic heterocycles. The highest BCUT2D eigenvalue weighted by Gasteiger charge is 2.17. The molecule has 1 unspecified atom stereocenters. The van der Waals surface area contributed by atoms with Gasteiger partial charge in [-0.05, 0) is 27.6 Å². The number of benzene rings is 1. The monoisotopic (exact) mass is 295 g/mol. The molecule has 0 aliphatic carbocycles. The molecule has 0 saturated carbocycles. The van der Waals surface area contributed by atoms with E-state index in [2.05, 4.69) is 15.9 Å². The number of rotatable bonds is 3. The number of aliphatic carboxylic acids is 1. The average molecular weight is 297 g/mol. The molecular formula is C9H8BrClFNO2. The van der Waals surface area contributed by atoms with Crippen molar-refractivity contribution in [3.05, 3.63) is 33.0 Å². The molecule has 1 rings (SSSR count). The highest BCUT2D eigenvalue weighted by atomic mass is 79.9. The van der Waals surface area contributed by atoms with E-state index in [1.54, 1.807) is 0 Å². The van der Waals surface area contributed by atoms with Crippen molar-refractivity contribution in [3.63, 3.8) is 0 Å². The van der Waals surface area contributed by atoms with E-state index in [0.29, 0.717) is 5.56 Å². The lowest BCUT2D eigenvalue weighted by molar-refractivity contribution is -0.137. The Morgan fingerprint density at radius 3 is 2.80 bits per heavy atom. The first-order valence-electron chi connectivity index (χ1n) is 4.04. The Morgan fingerprint density at radius 1 is 1.67 bits per heavy atom. The number of halogens is 3. The van der Waals surface area contributed by atoms with Crippen LogP contribution >= 0.6 is 27.5 Å². The van der Waals surface area contributed by atoms with Gasteiger partial charge in [-0.2, -0.15) is 0 Å². The predicted octanol–water partition coefficient (Wildman–Crippen LogP) is 2.72. The fourth-order valence-electron chi connectivity index (χ4n) is 1.13. The highest BCUT2D eigenvalue weighted by molar-refractivity contribution is 9.10. The molecule has 1 atom stereocenters. The minimum absolute atomic E-state index is 0.0341. The zero-order chi connectivity index (χ0) is 11.6. The lowest BCUT2D eigenvalue weighted by Crippen LogP contribution is -2.15. The SMILES string of the molecule is NC(CC(=O)O)c1ccc(Cl)c(F)c1Br. The van der Waals surface area contributed by atoms with E-state index in [9.17, 15) is 9.18 Å². The van der Waals surface area contributed by atoms with E-state index < -0.39 is 17.8 Å². The molecule has 0 radical (unpaired) electrons. The third kappa shape index (κ3) is 2.90. The lowest BCUT2D eigenvalue weighted by atomic mass is 10.0. The van der Waals surface area contributed by atoms with Crippen LogP contribution in [0.25, 0.3) is 0 Å². The van der Waals surface area contributed by atoms with Crippen LogP contribution in [0.1, 0.15) is 18.0 Å². The maximum atomic E-state index is 13.3. The van der Waals surface area contributed by atoms with Crippen LogP contribution in [0.5, 0.6) is 0 Å². The zero-order valence-corrected chi connectivity index (χ0v) is 9.85. The van der Waals surface area contributed by atoms with Crippen molar-refractivity contribution in [1.29, 1.82) is 0 Å². The first-order chi connectivity index (χ1) is 6.93. The standard InChI is InChI=1S/C9H8BrClFNO2/c10-8-4(6(13)3-7(14)15)1-2-5(11)9(8)12/h1-2,6H,3,13H2,(H,14,15). The van der Waals surface area contributed by atoms with Gasteiger partial charge in [0.25, 0.3) is 0 Å². The summed E-state index contributed by atoms with van der Waals surface area (Å²) >= 11 is 8.52. The third-order valence-electron chi connectivity index (χ3n) is 1.86. The topological polar surface area (TPSA) is 63.3 Å². The molecule has 15 heavy (non-hydrogen) atoms. The molecule has 0 heterocycles.